The van der Waals surface area contributed by atoms with Gasteiger partial charge in [0.1, 0.15) is 18.2 Å². The SMILES string of the molecule is CCC(=O)N1C[C@@H](C)[C@@H](OC)CN(C)C(=O)c2cc(NC(=O)Nc3cccc(F)c3)ccc2OC[C@H]1C. The second-order valence-corrected chi connectivity index (χ2v) is 9.30. The molecule has 0 aliphatic carbocycles. The topological polar surface area (TPSA) is 100 Å². The highest BCUT2D eigenvalue weighted by atomic mass is 19.1. The zero-order valence-corrected chi connectivity index (χ0v) is 21.9. The summed E-state index contributed by atoms with van der Waals surface area (Å²) in [6.07, 6.45) is 0.0756. The molecule has 1 aliphatic rings. The van der Waals surface area contributed by atoms with E-state index in [1.165, 1.54) is 24.3 Å². The van der Waals surface area contributed by atoms with E-state index in [2.05, 4.69) is 10.6 Å². The number of fused-ring (bicyclic) bond motifs is 1. The molecule has 0 fully saturated rings. The van der Waals surface area contributed by atoms with Gasteiger partial charge in [-0.1, -0.05) is 19.9 Å². The van der Waals surface area contributed by atoms with Crippen LogP contribution in [-0.2, 0) is 9.53 Å². The van der Waals surface area contributed by atoms with Crippen LogP contribution in [0.2, 0.25) is 0 Å². The molecule has 0 aromatic heterocycles. The van der Waals surface area contributed by atoms with Gasteiger partial charge in [-0.05, 0) is 43.3 Å². The average Bonchev–Trinajstić information content (AvgIpc) is 2.87. The van der Waals surface area contributed by atoms with Crippen LogP contribution in [0.1, 0.15) is 37.6 Å². The molecule has 0 saturated carbocycles. The summed E-state index contributed by atoms with van der Waals surface area (Å²) in [5.74, 6) is -0.445. The minimum atomic E-state index is -0.587. The number of halogens is 1. The summed E-state index contributed by atoms with van der Waals surface area (Å²) in [7, 11) is 3.27. The van der Waals surface area contributed by atoms with Crippen molar-refractivity contribution in [2.24, 2.45) is 5.92 Å². The standard InChI is InChI=1S/C27H35FN4O5/c1-6-25(33)32-14-17(2)24(36-5)15-31(4)26(34)22-13-21(10-11-23(22)37-16-18(32)3)30-27(35)29-20-9-7-8-19(28)12-20/h7-13,17-18,24H,6,14-16H2,1-5H3,(H2,29,30,35)/t17-,18-,24+/m1/s1. The van der Waals surface area contributed by atoms with Crippen LogP contribution < -0.4 is 15.4 Å². The lowest BCUT2D eigenvalue weighted by Gasteiger charge is -2.36. The third-order valence-electron chi connectivity index (χ3n) is 6.41. The molecule has 2 aromatic rings. The van der Waals surface area contributed by atoms with Crippen molar-refractivity contribution in [3.63, 3.8) is 0 Å². The summed E-state index contributed by atoms with van der Waals surface area (Å²) >= 11 is 0. The second-order valence-electron chi connectivity index (χ2n) is 9.30. The monoisotopic (exact) mass is 514 g/mol. The Hall–Kier alpha value is -3.66. The minimum Gasteiger partial charge on any atom is -0.491 e. The summed E-state index contributed by atoms with van der Waals surface area (Å²) in [6, 6.07) is 9.47. The Labute approximate surface area is 216 Å². The summed E-state index contributed by atoms with van der Waals surface area (Å²) in [4.78, 5) is 42.0. The quantitative estimate of drug-likeness (QED) is 0.637. The van der Waals surface area contributed by atoms with Crippen molar-refractivity contribution in [1.29, 1.82) is 0 Å². The van der Waals surface area contributed by atoms with Crippen molar-refractivity contribution in [2.75, 3.05) is 44.5 Å². The fraction of sp³-hybridized carbons (Fsp3) is 0.444. The number of rotatable bonds is 4. The van der Waals surface area contributed by atoms with E-state index in [4.69, 9.17) is 9.47 Å². The molecule has 37 heavy (non-hydrogen) atoms. The zero-order valence-electron chi connectivity index (χ0n) is 21.9. The van der Waals surface area contributed by atoms with Crippen molar-refractivity contribution in [1.82, 2.24) is 9.80 Å². The Balaban J connectivity index is 1.88. The number of ether oxygens (including phenoxy) is 2. The summed E-state index contributed by atoms with van der Waals surface area (Å²) < 4.78 is 25.2. The maximum Gasteiger partial charge on any atom is 0.323 e. The van der Waals surface area contributed by atoms with Gasteiger partial charge in [-0.25, -0.2) is 9.18 Å². The molecule has 2 N–H and O–H groups in total. The van der Waals surface area contributed by atoms with Crippen LogP contribution in [0.4, 0.5) is 20.6 Å². The molecule has 1 heterocycles. The molecule has 9 nitrogen and oxygen atoms in total. The molecule has 1 aliphatic heterocycles. The fourth-order valence-corrected chi connectivity index (χ4v) is 4.26. The first kappa shape index (κ1) is 27.9. The molecule has 10 heteroatoms. The highest BCUT2D eigenvalue weighted by molar-refractivity contribution is 6.02. The third-order valence-corrected chi connectivity index (χ3v) is 6.41. The lowest BCUT2D eigenvalue weighted by atomic mass is 10.0. The predicted octanol–water partition coefficient (Wildman–Crippen LogP) is 4.21. The van der Waals surface area contributed by atoms with Gasteiger partial charge in [0.25, 0.3) is 5.91 Å². The molecule has 0 bridgehead atoms. The van der Waals surface area contributed by atoms with Crippen molar-refractivity contribution in [3.8, 4) is 5.75 Å². The first-order chi connectivity index (χ1) is 17.6. The third kappa shape index (κ3) is 7.19. The Bertz CT molecular complexity index is 1130. The van der Waals surface area contributed by atoms with Crippen LogP contribution >= 0.6 is 0 Å². The van der Waals surface area contributed by atoms with Crippen LogP contribution in [0.5, 0.6) is 5.75 Å². The Morgan fingerprint density at radius 2 is 1.81 bits per heavy atom. The van der Waals surface area contributed by atoms with Crippen LogP contribution in [-0.4, -0.2) is 73.6 Å². The van der Waals surface area contributed by atoms with Crippen LogP contribution in [0.15, 0.2) is 42.5 Å². The highest BCUT2D eigenvalue weighted by Gasteiger charge is 2.30. The number of benzene rings is 2. The molecule has 4 amide bonds. The van der Waals surface area contributed by atoms with E-state index in [0.29, 0.717) is 36.6 Å². The number of hydrogen-bond acceptors (Lipinski definition) is 5. The van der Waals surface area contributed by atoms with Gasteiger partial charge in [-0.2, -0.15) is 0 Å². The van der Waals surface area contributed by atoms with Gasteiger partial charge < -0.3 is 29.9 Å². The molecule has 3 rings (SSSR count). The van der Waals surface area contributed by atoms with Gasteiger partial charge in [-0.3, -0.25) is 9.59 Å². The van der Waals surface area contributed by atoms with Crippen molar-refractivity contribution >= 4 is 29.2 Å². The van der Waals surface area contributed by atoms with E-state index < -0.39 is 11.8 Å². The molecule has 2 aromatic carbocycles. The lowest BCUT2D eigenvalue weighted by molar-refractivity contribution is -0.135. The van der Waals surface area contributed by atoms with Crippen molar-refractivity contribution in [3.05, 3.63) is 53.8 Å². The largest absolute Gasteiger partial charge is 0.491 e. The number of carbonyl (C=O) groups excluding carboxylic acids is 3. The Morgan fingerprint density at radius 3 is 2.46 bits per heavy atom. The Kier molecular flexibility index (Phi) is 9.46. The maximum atomic E-state index is 13.4. The number of nitrogens with zero attached hydrogens (tertiary/aromatic N) is 2. The van der Waals surface area contributed by atoms with Crippen LogP contribution in [0, 0.1) is 11.7 Å². The number of nitrogens with one attached hydrogen (secondary N) is 2. The number of methoxy groups -OCH3 is 1. The summed E-state index contributed by atoms with van der Waals surface area (Å²) in [5.41, 5.74) is 0.912. The van der Waals surface area contributed by atoms with E-state index in [1.807, 2.05) is 20.8 Å². The maximum absolute atomic E-state index is 13.4. The fourth-order valence-electron chi connectivity index (χ4n) is 4.26. The molecule has 0 saturated heterocycles. The molecule has 3 atom stereocenters. The lowest BCUT2D eigenvalue weighted by Crippen LogP contribution is -2.48. The van der Waals surface area contributed by atoms with E-state index in [-0.39, 0.29) is 42.0 Å². The summed E-state index contributed by atoms with van der Waals surface area (Å²) in [5, 5.41) is 5.23. The number of hydrogen-bond donors (Lipinski definition) is 2. The average molecular weight is 515 g/mol. The number of carbonyl (C=O) groups is 3. The van der Waals surface area contributed by atoms with Gasteiger partial charge in [0.05, 0.1) is 17.7 Å². The molecule has 0 radical (unpaired) electrons. The van der Waals surface area contributed by atoms with Gasteiger partial charge in [-0.15, -0.1) is 0 Å². The van der Waals surface area contributed by atoms with Gasteiger partial charge in [0, 0.05) is 51.0 Å². The van der Waals surface area contributed by atoms with Crippen LogP contribution in [0.25, 0.3) is 0 Å². The normalized spacial score (nSPS) is 20.7. The summed E-state index contributed by atoms with van der Waals surface area (Å²) in [6.45, 7) is 6.70. The number of amides is 4. The molecule has 200 valence electrons. The van der Waals surface area contributed by atoms with Crippen molar-refractivity contribution in [2.45, 2.75) is 39.3 Å². The van der Waals surface area contributed by atoms with E-state index in [9.17, 15) is 18.8 Å². The highest BCUT2D eigenvalue weighted by Crippen LogP contribution is 2.27. The first-order valence-electron chi connectivity index (χ1n) is 12.3. The van der Waals surface area contributed by atoms with E-state index in [0.717, 1.165) is 0 Å². The number of urea groups is 1. The molecule has 0 spiro atoms. The van der Waals surface area contributed by atoms with Crippen molar-refractivity contribution < 1.29 is 28.2 Å². The van der Waals surface area contributed by atoms with Gasteiger partial charge in [0.2, 0.25) is 5.91 Å². The van der Waals surface area contributed by atoms with Crippen LogP contribution in [0.3, 0.4) is 0 Å². The molecule has 0 unspecified atom stereocenters. The molecular formula is C27H35FN4O5. The van der Waals surface area contributed by atoms with Gasteiger partial charge >= 0.3 is 6.03 Å². The van der Waals surface area contributed by atoms with E-state index in [1.54, 1.807) is 42.2 Å². The second kappa shape index (κ2) is 12.5. The van der Waals surface area contributed by atoms with Gasteiger partial charge in [0.15, 0.2) is 0 Å². The first-order valence-corrected chi connectivity index (χ1v) is 12.3. The predicted molar refractivity (Wildman–Crippen MR) is 139 cm³/mol. The number of likely N-dealkylation sites (N-methyl/N-ethyl adjacent to an activating group) is 1. The van der Waals surface area contributed by atoms with E-state index >= 15 is 0 Å². The number of anilines is 2. The minimum absolute atomic E-state index is 0.0170. The zero-order chi connectivity index (χ0) is 27.1. The molecular weight excluding hydrogens is 479 g/mol. The smallest absolute Gasteiger partial charge is 0.323 e. The Morgan fingerprint density at radius 1 is 1.11 bits per heavy atom.